The highest BCUT2D eigenvalue weighted by molar-refractivity contribution is 7.99. The van der Waals surface area contributed by atoms with E-state index in [9.17, 15) is 12.6 Å². The molecule has 0 heterocycles. The Morgan fingerprint density at radius 2 is 1.71 bits per heavy atom. The van der Waals surface area contributed by atoms with Crippen molar-refractivity contribution in [2.24, 2.45) is 0 Å². The van der Waals surface area contributed by atoms with E-state index >= 15 is 0 Å². The fourth-order valence-corrected chi connectivity index (χ4v) is 2.56. The van der Waals surface area contributed by atoms with Crippen molar-refractivity contribution in [2.45, 2.75) is 5.75 Å². The number of sulfone groups is 1. The van der Waals surface area contributed by atoms with Crippen molar-refractivity contribution in [2.75, 3.05) is 5.08 Å². The number of halogens is 1. The van der Waals surface area contributed by atoms with Gasteiger partial charge in [-0.25, -0.2) is 8.42 Å². The summed E-state index contributed by atoms with van der Waals surface area (Å²) >= 11 is 0.0899. The van der Waals surface area contributed by atoms with Crippen LogP contribution in [0.5, 0.6) is 0 Å². The molecule has 1 aromatic rings. The summed E-state index contributed by atoms with van der Waals surface area (Å²) < 4.78 is 32.4. The molecule has 0 amide bonds. The predicted molar refractivity (Wildman–Crippen MR) is 59.2 cm³/mol. The minimum absolute atomic E-state index is 0. The predicted octanol–water partition coefficient (Wildman–Crippen LogP) is 1.41. The van der Waals surface area contributed by atoms with E-state index in [1.54, 1.807) is 24.3 Å². The van der Waals surface area contributed by atoms with Gasteiger partial charge >= 0.3 is 16.8 Å². The zero-order valence-corrected chi connectivity index (χ0v) is 9.70. The van der Waals surface area contributed by atoms with Crippen LogP contribution in [-0.2, 0) is 31.5 Å². The van der Waals surface area contributed by atoms with Crippen molar-refractivity contribution < 1.29 is 12.6 Å². The lowest BCUT2D eigenvalue weighted by molar-refractivity contribution is 0.595. The van der Waals surface area contributed by atoms with Crippen LogP contribution in [0.3, 0.4) is 0 Å². The first-order valence-corrected chi connectivity index (χ1v) is 6.36. The molecule has 6 heteroatoms. The molecule has 78 valence electrons. The fourth-order valence-electron chi connectivity index (χ4n) is 0.943. The van der Waals surface area contributed by atoms with Gasteiger partial charge in [-0.3, -0.25) is 0 Å². The van der Waals surface area contributed by atoms with Crippen molar-refractivity contribution in [3.63, 3.8) is 0 Å². The molecular formula is C8H10ClO3S2+. The number of hydrogen-bond acceptors (Lipinski definition) is 3. The van der Waals surface area contributed by atoms with Crippen LogP contribution in [0.15, 0.2) is 30.3 Å². The topological polar surface area (TPSA) is 51.2 Å². The quantitative estimate of drug-likeness (QED) is 0.763. The van der Waals surface area contributed by atoms with Gasteiger partial charge in [0.15, 0.2) is 0 Å². The van der Waals surface area contributed by atoms with Gasteiger partial charge in [0, 0.05) is 4.21 Å². The zero-order chi connectivity index (χ0) is 9.73. The van der Waals surface area contributed by atoms with E-state index < -0.39 is 9.84 Å². The maximum Gasteiger partial charge on any atom is 0.475 e. The molecule has 0 aliphatic rings. The Morgan fingerprint density at radius 3 is 2.21 bits per heavy atom. The molecule has 14 heavy (non-hydrogen) atoms. The zero-order valence-electron chi connectivity index (χ0n) is 7.25. The van der Waals surface area contributed by atoms with Gasteiger partial charge in [0.05, 0.1) is 5.75 Å². The molecule has 1 rings (SSSR count). The molecular weight excluding hydrogens is 244 g/mol. The molecule has 3 nitrogen and oxygen atoms in total. The summed E-state index contributed by atoms with van der Waals surface area (Å²) in [6.07, 6.45) is 0. The third-order valence-electron chi connectivity index (χ3n) is 1.46. The third-order valence-corrected chi connectivity index (χ3v) is 4.05. The largest absolute Gasteiger partial charge is 0.475 e. The summed E-state index contributed by atoms with van der Waals surface area (Å²) in [5, 5.41) is -0.359. The van der Waals surface area contributed by atoms with E-state index in [-0.39, 0.29) is 34.9 Å². The molecule has 0 aliphatic heterocycles. The average molecular weight is 254 g/mol. The van der Waals surface area contributed by atoms with Crippen LogP contribution in [-0.4, -0.2) is 13.5 Å². The van der Waals surface area contributed by atoms with Gasteiger partial charge < -0.3 is 0 Å². The molecule has 0 spiro atoms. The first kappa shape index (κ1) is 13.5. The molecule has 0 atom stereocenters. The monoisotopic (exact) mass is 253 g/mol. The Balaban J connectivity index is 0.00000169. The Kier molecular flexibility index (Phi) is 5.83. The van der Waals surface area contributed by atoms with Gasteiger partial charge in [0.2, 0.25) is 9.84 Å². The molecule has 0 fully saturated rings. The van der Waals surface area contributed by atoms with Crippen molar-refractivity contribution in [3.05, 3.63) is 35.9 Å². The van der Waals surface area contributed by atoms with Crippen LogP contribution in [0, 0.1) is 0 Å². The molecule has 1 aromatic carbocycles. The third kappa shape index (κ3) is 4.64. The first-order valence-electron chi connectivity index (χ1n) is 3.63. The van der Waals surface area contributed by atoms with Crippen LogP contribution >= 0.6 is 12.4 Å². The Hall–Kier alpha value is -0.520. The van der Waals surface area contributed by atoms with Crippen molar-refractivity contribution >= 4 is 33.9 Å². The first-order chi connectivity index (χ1) is 6.14. The fraction of sp³-hybridized carbons (Fsp3) is 0.250. The van der Waals surface area contributed by atoms with Gasteiger partial charge in [-0.05, 0) is 5.56 Å². The summed E-state index contributed by atoms with van der Waals surface area (Å²) in [5.74, 6) is -0.0525. The van der Waals surface area contributed by atoms with Gasteiger partial charge in [0.1, 0.15) is 0 Å². The molecule has 0 N–H and O–H groups in total. The molecule has 0 saturated heterocycles. The van der Waals surface area contributed by atoms with Crippen molar-refractivity contribution in [1.29, 1.82) is 0 Å². The summed E-state index contributed by atoms with van der Waals surface area (Å²) in [5.41, 5.74) is 0.719. The highest BCUT2D eigenvalue weighted by Gasteiger charge is 2.19. The van der Waals surface area contributed by atoms with E-state index in [0.717, 1.165) is 5.56 Å². The molecule has 0 saturated carbocycles. The maximum atomic E-state index is 11.2. The summed E-state index contributed by atoms with van der Waals surface area (Å²) in [6.45, 7) is 0. The summed E-state index contributed by atoms with van der Waals surface area (Å²) in [4.78, 5) is 0. The highest BCUT2D eigenvalue weighted by atomic mass is 35.5. The summed E-state index contributed by atoms with van der Waals surface area (Å²) in [7, 11) is -3.23. The van der Waals surface area contributed by atoms with Crippen LogP contribution < -0.4 is 0 Å². The molecule has 0 radical (unpaired) electrons. The lowest BCUT2D eigenvalue weighted by atomic mass is 10.2. The number of hydrogen-bond donors (Lipinski definition) is 0. The highest BCUT2D eigenvalue weighted by Crippen LogP contribution is 2.05. The van der Waals surface area contributed by atoms with Gasteiger partial charge in [-0.2, -0.15) is 0 Å². The molecule has 0 bridgehead atoms. The summed E-state index contributed by atoms with van der Waals surface area (Å²) in [6, 6.07) is 8.82. The number of benzene rings is 1. The Labute approximate surface area is 93.3 Å². The van der Waals surface area contributed by atoms with Crippen molar-refractivity contribution in [3.8, 4) is 0 Å². The minimum Gasteiger partial charge on any atom is -0.223 e. The van der Waals surface area contributed by atoms with Gasteiger partial charge in [-0.15, -0.1) is 12.4 Å². The maximum absolute atomic E-state index is 11.2. The van der Waals surface area contributed by atoms with E-state index in [2.05, 4.69) is 0 Å². The number of rotatable bonds is 4. The van der Waals surface area contributed by atoms with Crippen LogP contribution in [0.2, 0.25) is 0 Å². The van der Waals surface area contributed by atoms with E-state index in [4.69, 9.17) is 0 Å². The smallest absolute Gasteiger partial charge is 0.223 e. The molecule has 0 aromatic heterocycles. The van der Waals surface area contributed by atoms with Crippen LogP contribution in [0.25, 0.3) is 0 Å². The second kappa shape index (κ2) is 6.06. The average Bonchev–Trinajstić information content (AvgIpc) is 2.04. The Bertz CT molecular complexity index is 375. The second-order valence-corrected chi connectivity index (χ2v) is 5.56. The lowest BCUT2D eigenvalue weighted by Gasteiger charge is -1.95. The van der Waals surface area contributed by atoms with E-state index in [1.807, 2.05) is 6.07 Å². The van der Waals surface area contributed by atoms with E-state index in [1.165, 1.54) is 0 Å². The van der Waals surface area contributed by atoms with Crippen LogP contribution in [0.4, 0.5) is 0 Å². The Morgan fingerprint density at radius 1 is 1.14 bits per heavy atom. The van der Waals surface area contributed by atoms with E-state index in [0.29, 0.717) is 0 Å². The second-order valence-electron chi connectivity index (χ2n) is 2.61. The normalized spacial score (nSPS) is 10.3. The minimum atomic E-state index is -3.23. The van der Waals surface area contributed by atoms with Crippen LogP contribution in [0.1, 0.15) is 5.56 Å². The van der Waals surface area contributed by atoms with Gasteiger partial charge in [-0.1, -0.05) is 30.3 Å². The SMILES string of the molecule is Cl.O=[S+]CS(=O)(=O)Cc1ccccc1. The van der Waals surface area contributed by atoms with Gasteiger partial charge in [0.25, 0.3) is 0 Å². The standard InChI is InChI=1S/C8H9O3S2.ClH/c9-12-7-13(10,11)6-8-4-2-1-3-5-8;/h1-5H,6-7H2;1H/q+1;. The lowest BCUT2D eigenvalue weighted by Crippen LogP contribution is -2.07. The molecule has 0 aliphatic carbocycles. The molecule has 0 unspecified atom stereocenters. The van der Waals surface area contributed by atoms with Crippen molar-refractivity contribution in [1.82, 2.24) is 0 Å².